The third kappa shape index (κ3) is 3.84. The summed E-state index contributed by atoms with van der Waals surface area (Å²) in [5, 5.41) is 1.32. The van der Waals surface area contributed by atoms with Crippen molar-refractivity contribution in [2.45, 2.75) is 25.8 Å². The van der Waals surface area contributed by atoms with Crippen molar-refractivity contribution in [2.75, 3.05) is 32.7 Å². The van der Waals surface area contributed by atoms with Crippen molar-refractivity contribution in [1.82, 2.24) is 14.8 Å². The lowest BCUT2D eigenvalue weighted by molar-refractivity contribution is 0.0931. The Hall–Kier alpha value is -2.10. The van der Waals surface area contributed by atoms with Gasteiger partial charge in [0.2, 0.25) is 0 Å². The van der Waals surface area contributed by atoms with Crippen LogP contribution in [-0.4, -0.2) is 47.5 Å². The third-order valence-corrected chi connectivity index (χ3v) is 5.70. The number of benzene rings is 2. The molecule has 3 heteroatoms. The average molecular weight is 348 g/mol. The van der Waals surface area contributed by atoms with E-state index in [9.17, 15) is 0 Å². The van der Waals surface area contributed by atoms with E-state index in [1.165, 1.54) is 41.8 Å². The Morgan fingerprint density at radius 1 is 0.923 bits per heavy atom. The van der Waals surface area contributed by atoms with Crippen LogP contribution in [0.1, 0.15) is 30.6 Å². The van der Waals surface area contributed by atoms with E-state index in [1.54, 1.807) is 0 Å². The van der Waals surface area contributed by atoms with Crippen molar-refractivity contribution in [2.24, 2.45) is 0 Å². The minimum Gasteiger partial charge on any atom is -0.357 e. The topological polar surface area (TPSA) is 22.3 Å². The minimum absolute atomic E-state index is 0.499. The van der Waals surface area contributed by atoms with Gasteiger partial charge in [-0.3, -0.25) is 4.90 Å². The van der Waals surface area contributed by atoms with Crippen molar-refractivity contribution in [3.05, 3.63) is 71.9 Å². The molecule has 0 bridgehead atoms. The van der Waals surface area contributed by atoms with Crippen LogP contribution in [0.15, 0.2) is 60.7 Å². The molecule has 0 aliphatic carbocycles. The van der Waals surface area contributed by atoms with Crippen molar-refractivity contribution in [1.29, 1.82) is 0 Å². The Morgan fingerprint density at radius 2 is 1.65 bits per heavy atom. The van der Waals surface area contributed by atoms with Gasteiger partial charge < -0.3 is 9.88 Å². The smallest absolute Gasteiger partial charge is 0.0497 e. The fraction of sp³-hybridized carbons (Fsp3) is 0.391. The number of hydrogen-bond donors (Lipinski definition) is 1. The molecule has 0 saturated carbocycles. The molecule has 1 aliphatic rings. The van der Waals surface area contributed by atoms with Crippen LogP contribution in [0.4, 0.5) is 0 Å². The lowest BCUT2D eigenvalue weighted by Gasteiger charge is -2.38. The molecule has 0 amide bonds. The van der Waals surface area contributed by atoms with Crippen LogP contribution in [-0.2, 0) is 6.42 Å². The number of nitrogens with one attached hydrogen (secondary N) is 1. The molecule has 1 aromatic heterocycles. The normalized spacial score (nSPS) is 17.6. The Labute approximate surface area is 156 Å². The number of para-hydroxylation sites is 1. The molecule has 1 unspecified atom stereocenters. The van der Waals surface area contributed by atoms with Crippen LogP contribution in [0.5, 0.6) is 0 Å². The summed E-state index contributed by atoms with van der Waals surface area (Å²) >= 11 is 0. The van der Waals surface area contributed by atoms with Crippen LogP contribution in [0.3, 0.4) is 0 Å². The van der Waals surface area contributed by atoms with Crippen molar-refractivity contribution < 1.29 is 0 Å². The summed E-state index contributed by atoms with van der Waals surface area (Å²) < 4.78 is 0. The van der Waals surface area contributed by atoms with Crippen LogP contribution >= 0.6 is 0 Å². The van der Waals surface area contributed by atoms with Crippen molar-refractivity contribution >= 4 is 10.9 Å². The van der Waals surface area contributed by atoms with Gasteiger partial charge in [0, 0.05) is 50.0 Å². The molecule has 0 spiro atoms. The molecule has 136 valence electrons. The second kappa shape index (κ2) is 8.07. The molecule has 1 aliphatic heterocycles. The van der Waals surface area contributed by atoms with Gasteiger partial charge in [-0.25, -0.2) is 0 Å². The number of aromatic amines is 1. The van der Waals surface area contributed by atoms with Gasteiger partial charge in [0.25, 0.3) is 0 Å². The number of nitrogens with zero attached hydrogens (tertiary/aromatic N) is 2. The van der Waals surface area contributed by atoms with E-state index in [1.807, 2.05) is 0 Å². The number of piperazine rings is 1. The summed E-state index contributed by atoms with van der Waals surface area (Å²) in [6, 6.07) is 22.3. The molecule has 1 N–H and O–H groups in total. The number of rotatable bonds is 6. The fourth-order valence-electron chi connectivity index (χ4n) is 4.18. The number of hydrogen-bond acceptors (Lipinski definition) is 2. The fourth-order valence-corrected chi connectivity index (χ4v) is 4.18. The molecule has 1 fully saturated rings. The van der Waals surface area contributed by atoms with Crippen LogP contribution in [0, 0.1) is 0 Å². The standard InChI is InChI=1S/C23H29N3/c1-2-23(22-18-20-10-6-7-11-21(20)24-22)26-16-14-25(15-17-26)13-12-19-8-4-3-5-9-19/h3-11,18,23-24H,2,12-17H2,1H3. The summed E-state index contributed by atoms with van der Waals surface area (Å²) in [7, 11) is 0. The molecule has 4 rings (SSSR count). The highest BCUT2D eigenvalue weighted by Crippen LogP contribution is 2.27. The first-order chi connectivity index (χ1) is 12.8. The lowest BCUT2D eigenvalue weighted by Crippen LogP contribution is -2.48. The van der Waals surface area contributed by atoms with Crippen molar-refractivity contribution in [3.8, 4) is 0 Å². The Kier molecular flexibility index (Phi) is 5.37. The maximum Gasteiger partial charge on any atom is 0.0497 e. The van der Waals surface area contributed by atoms with Gasteiger partial charge in [0.1, 0.15) is 0 Å². The van der Waals surface area contributed by atoms with Gasteiger partial charge in [-0.2, -0.15) is 0 Å². The van der Waals surface area contributed by atoms with E-state index in [0.717, 1.165) is 25.9 Å². The van der Waals surface area contributed by atoms with E-state index < -0.39 is 0 Å². The van der Waals surface area contributed by atoms with E-state index in [-0.39, 0.29) is 0 Å². The molecule has 2 heterocycles. The number of fused-ring (bicyclic) bond motifs is 1. The SMILES string of the molecule is CCC(c1cc2ccccc2[nH]1)N1CCN(CCc2ccccc2)CC1. The largest absolute Gasteiger partial charge is 0.357 e. The predicted octanol–water partition coefficient (Wildman–Crippen LogP) is 4.48. The van der Waals surface area contributed by atoms with E-state index in [0.29, 0.717) is 6.04 Å². The monoisotopic (exact) mass is 347 g/mol. The first-order valence-electron chi connectivity index (χ1n) is 9.91. The second-order valence-electron chi connectivity index (χ2n) is 7.35. The summed E-state index contributed by atoms with van der Waals surface area (Å²) in [5.74, 6) is 0. The summed E-state index contributed by atoms with van der Waals surface area (Å²) in [4.78, 5) is 8.92. The molecule has 0 radical (unpaired) electrons. The van der Waals surface area contributed by atoms with Gasteiger partial charge in [-0.05, 0) is 35.9 Å². The third-order valence-electron chi connectivity index (χ3n) is 5.70. The molecule has 3 nitrogen and oxygen atoms in total. The van der Waals surface area contributed by atoms with E-state index in [2.05, 4.69) is 82.4 Å². The van der Waals surface area contributed by atoms with Gasteiger partial charge in [-0.15, -0.1) is 0 Å². The Bertz CT molecular complexity index is 783. The quantitative estimate of drug-likeness (QED) is 0.710. The maximum absolute atomic E-state index is 3.65. The zero-order valence-electron chi connectivity index (χ0n) is 15.7. The van der Waals surface area contributed by atoms with Crippen molar-refractivity contribution in [3.63, 3.8) is 0 Å². The first-order valence-corrected chi connectivity index (χ1v) is 9.91. The lowest BCUT2D eigenvalue weighted by atomic mass is 10.1. The zero-order valence-corrected chi connectivity index (χ0v) is 15.7. The molecule has 1 atom stereocenters. The highest BCUT2D eigenvalue weighted by molar-refractivity contribution is 5.80. The van der Waals surface area contributed by atoms with Gasteiger partial charge in [0.15, 0.2) is 0 Å². The number of H-pyrrole nitrogens is 1. The second-order valence-corrected chi connectivity index (χ2v) is 7.35. The van der Waals surface area contributed by atoms with Gasteiger partial charge in [0.05, 0.1) is 0 Å². The molecular formula is C23H29N3. The Balaban J connectivity index is 1.35. The highest BCUT2D eigenvalue weighted by atomic mass is 15.3. The molecule has 3 aromatic rings. The number of aromatic nitrogens is 1. The van der Waals surface area contributed by atoms with Gasteiger partial charge >= 0.3 is 0 Å². The summed E-state index contributed by atoms with van der Waals surface area (Å²) in [6.45, 7) is 8.12. The summed E-state index contributed by atoms with van der Waals surface area (Å²) in [6.07, 6.45) is 2.30. The van der Waals surface area contributed by atoms with E-state index in [4.69, 9.17) is 0 Å². The van der Waals surface area contributed by atoms with Crippen LogP contribution in [0.25, 0.3) is 10.9 Å². The first kappa shape index (κ1) is 17.3. The molecule has 2 aromatic carbocycles. The van der Waals surface area contributed by atoms with Crippen LogP contribution in [0.2, 0.25) is 0 Å². The maximum atomic E-state index is 3.65. The van der Waals surface area contributed by atoms with Gasteiger partial charge in [-0.1, -0.05) is 55.5 Å². The minimum atomic E-state index is 0.499. The predicted molar refractivity (Wildman–Crippen MR) is 109 cm³/mol. The molecule has 26 heavy (non-hydrogen) atoms. The average Bonchev–Trinajstić information content (AvgIpc) is 3.12. The molecule has 1 saturated heterocycles. The van der Waals surface area contributed by atoms with E-state index >= 15 is 0 Å². The zero-order chi connectivity index (χ0) is 17.8. The Morgan fingerprint density at radius 3 is 2.38 bits per heavy atom. The molecular weight excluding hydrogens is 318 g/mol. The highest BCUT2D eigenvalue weighted by Gasteiger charge is 2.24. The van der Waals surface area contributed by atoms with Crippen LogP contribution < -0.4 is 0 Å². The summed E-state index contributed by atoms with van der Waals surface area (Å²) in [5.41, 5.74) is 4.06.